The van der Waals surface area contributed by atoms with Crippen molar-refractivity contribution in [2.24, 2.45) is 5.92 Å². The smallest absolute Gasteiger partial charge is 0.160 e. The second-order valence-electron chi connectivity index (χ2n) is 5.09. The van der Waals surface area contributed by atoms with E-state index < -0.39 is 6.04 Å². The summed E-state index contributed by atoms with van der Waals surface area (Å²) >= 11 is 0. The molecule has 1 rings (SSSR count). The fourth-order valence-electron chi connectivity index (χ4n) is 2.27. The molecule has 111 valence electrons. The number of para-hydroxylation sites is 1. The van der Waals surface area contributed by atoms with Crippen LogP contribution in [0.3, 0.4) is 0 Å². The predicted molar refractivity (Wildman–Crippen MR) is 80.4 cm³/mol. The van der Waals surface area contributed by atoms with Crippen molar-refractivity contribution >= 4 is 11.5 Å². The molecule has 0 heterocycles. The molecule has 0 aromatic heterocycles. The fraction of sp³-hybridized carbons (Fsp3) is 0.500. The van der Waals surface area contributed by atoms with E-state index in [2.05, 4.69) is 6.92 Å². The Bertz CT molecular complexity index is 431. The standard InChI is InChI=1S/C16H24NO3/c1-4-9-17(15(11-19)16(20)12(2)3)14-8-6-5-7-13(14)10-18/h5-8,12,15,18-19H,1,4,9-11H2,2-3H3. The minimum absolute atomic E-state index is 0.00584. The number of anilines is 1. The molecule has 4 heteroatoms. The Morgan fingerprint density at radius 2 is 1.95 bits per heavy atom. The molecule has 0 aliphatic rings. The third kappa shape index (κ3) is 3.81. The van der Waals surface area contributed by atoms with Crippen LogP contribution in [0.1, 0.15) is 25.8 Å². The summed E-state index contributed by atoms with van der Waals surface area (Å²) in [6.45, 7) is 7.70. The first kappa shape index (κ1) is 16.7. The third-order valence-corrected chi connectivity index (χ3v) is 3.32. The minimum atomic E-state index is -0.593. The highest BCUT2D eigenvalue weighted by atomic mass is 16.3. The van der Waals surface area contributed by atoms with Gasteiger partial charge in [-0.25, -0.2) is 0 Å². The van der Waals surface area contributed by atoms with Gasteiger partial charge in [0.05, 0.1) is 13.2 Å². The Labute approximate surface area is 121 Å². The van der Waals surface area contributed by atoms with Crippen molar-refractivity contribution in [3.05, 3.63) is 36.8 Å². The number of ketones is 1. The van der Waals surface area contributed by atoms with E-state index in [1.807, 2.05) is 43.0 Å². The summed E-state index contributed by atoms with van der Waals surface area (Å²) in [7, 11) is 0. The molecular formula is C16H24NO3. The van der Waals surface area contributed by atoms with Crippen LogP contribution in [0.15, 0.2) is 24.3 Å². The number of carbonyl (C=O) groups excluding carboxylic acids is 1. The average Bonchev–Trinajstić information content (AvgIpc) is 2.46. The third-order valence-electron chi connectivity index (χ3n) is 3.32. The second-order valence-corrected chi connectivity index (χ2v) is 5.09. The monoisotopic (exact) mass is 278 g/mol. The van der Waals surface area contributed by atoms with Gasteiger partial charge in [-0.2, -0.15) is 0 Å². The van der Waals surface area contributed by atoms with Crippen LogP contribution in [-0.2, 0) is 11.4 Å². The maximum Gasteiger partial charge on any atom is 0.160 e. The van der Waals surface area contributed by atoms with Crippen LogP contribution in [0, 0.1) is 12.8 Å². The van der Waals surface area contributed by atoms with Gasteiger partial charge < -0.3 is 15.1 Å². The van der Waals surface area contributed by atoms with Gasteiger partial charge in [-0.3, -0.25) is 4.79 Å². The van der Waals surface area contributed by atoms with Crippen LogP contribution in [0.5, 0.6) is 0 Å². The number of aliphatic hydroxyl groups excluding tert-OH is 2. The highest BCUT2D eigenvalue weighted by Gasteiger charge is 2.27. The van der Waals surface area contributed by atoms with Gasteiger partial charge in [-0.15, -0.1) is 0 Å². The maximum absolute atomic E-state index is 12.3. The summed E-state index contributed by atoms with van der Waals surface area (Å²) in [4.78, 5) is 14.1. The highest BCUT2D eigenvalue weighted by molar-refractivity contribution is 5.89. The molecule has 1 atom stereocenters. The summed E-state index contributed by atoms with van der Waals surface area (Å²) in [5, 5.41) is 19.1. The molecule has 0 bridgehead atoms. The zero-order valence-corrected chi connectivity index (χ0v) is 12.2. The average molecular weight is 278 g/mol. The lowest BCUT2D eigenvalue weighted by molar-refractivity contribution is -0.124. The number of benzene rings is 1. The summed E-state index contributed by atoms with van der Waals surface area (Å²) in [5.41, 5.74) is 1.53. The highest BCUT2D eigenvalue weighted by Crippen LogP contribution is 2.24. The molecule has 0 amide bonds. The topological polar surface area (TPSA) is 60.8 Å². The summed E-state index contributed by atoms with van der Waals surface area (Å²) < 4.78 is 0. The normalized spacial score (nSPS) is 12.5. The Kier molecular flexibility index (Phi) is 6.68. The molecule has 1 radical (unpaired) electrons. The minimum Gasteiger partial charge on any atom is -0.394 e. The number of hydrogen-bond donors (Lipinski definition) is 2. The van der Waals surface area contributed by atoms with Gasteiger partial charge in [0.15, 0.2) is 5.78 Å². The Hall–Kier alpha value is -1.39. The van der Waals surface area contributed by atoms with Crippen molar-refractivity contribution in [2.75, 3.05) is 18.1 Å². The van der Waals surface area contributed by atoms with E-state index in [0.717, 1.165) is 11.3 Å². The van der Waals surface area contributed by atoms with Gasteiger partial charge in [-0.05, 0) is 12.5 Å². The molecule has 4 nitrogen and oxygen atoms in total. The molecule has 2 N–H and O–H groups in total. The van der Waals surface area contributed by atoms with E-state index in [0.29, 0.717) is 13.0 Å². The first-order valence-corrected chi connectivity index (χ1v) is 6.96. The Balaban J connectivity index is 3.17. The van der Waals surface area contributed by atoms with E-state index in [1.165, 1.54) is 0 Å². The van der Waals surface area contributed by atoms with Crippen LogP contribution < -0.4 is 4.90 Å². The van der Waals surface area contributed by atoms with Crippen molar-refractivity contribution in [1.29, 1.82) is 0 Å². The number of Topliss-reactive ketones (excluding diaryl/α,β-unsaturated/α-hetero) is 1. The first-order chi connectivity index (χ1) is 9.56. The van der Waals surface area contributed by atoms with Gasteiger partial charge in [-0.1, -0.05) is 39.0 Å². The summed E-state index contributed by atoms with van der Waals surface area (Å²) in [6, 6.07) is 6.79. The van der Waals surface area contributed by atoms with Gasteiger partial charge in [0.1, 0.15) is 6.04 Å². The number of nitrogens with zero attached hydrogens (tertiary/aromatic N) is 1. The van der Waals surface area contributed by atoms with Gasteiger partial charge >= 0.3 is 0 Å². The van der Waals surface area contributed by atoms with Crippen molar-refractivity contribution in [3.63, 3.8) is 0 Å². The summed E-state index contributed by atoms with van der Waals surface area (Å²) in [6.07, 6.45) is 0.613. The zero-order valence-electron chi connectivity index (χ0n) is 12.2. The molecular weight excluding hydrogens is 254 g/mol. The van der Waals surface area contributed by atoms with Gasteiger partial charge in [0.2, 0.25) is 0 Å². The molecule has 0 aliphatic heterocycles. The molecule has 0 aliphatic carbocycles. The number of hydrogen-bond acceptors (Lipinski definition) is 4. The van der Waals surface area contributed by atoms with Gasteiger partial charge in [0.25, 0.3) is 0 Å². The molecule has 20 heavy (non-hydrogen) atoms. The van der Waals surface area contributed by atoms with Crippen LogP contribution in [0.4, 0.5) is 5.69 Å². The number of carbonyl (C=O) groups is 1. The predicted octanol–water partition coefficient (Wildman–Crippen LogP) is 1.80. The number of aliphatic hydroxyl groups is 2. The van der Waals surface area contributed by atoms with E-state index in [1.54, 1.807) is 0 Å². The molecule has 1 aromatic carbocycles. The van der Waals surface area contributed by atoms with E-state index in [-0.39, 0.29) is 24.9 Å². The fourth-order valence-corrected chi connectivity index (χ4v) is 2.27. The molecule has 1 unspecified atom stereocenters. The lowest BCUT2D eigenvalue weighted by Crippen LogP contribution is -2.46. The van der Waals surface area contributed by atoms with Crippen molar-refractivity contribution in [3.8, 4) is 0 Å². The van der Waals surface area contributed by atoms with Crippen molar-refractivity contribution in [1.82, 2.24) is 0 Å². The summed E-state index contributed by atoms with van der Waals surface area (Å²) in [5.74, 6) is -0.158. The van der Waals surface area contributed by atoms with Crippen molar-refractivity contribution < 1.29 is 15.0 Å². The molecule has 0 spiro atoms. The number of rotatable bonds is 8. The van der Waals surface area contributed by atoms with Gasteiger partial charge in [0, 0.05) is 23.7 Å². The van der Waals surface area contributed by atoms with Crippen LogP contribution >= 0.6 is 0 Å². The van der Waals surface area contributed by atoms with Crippen LogP contribution in [-0.4, -0.2) is 35.2 Å². The largest absolute Gasteiger partial charge is 0.394 e. The van der Waals surface area contributed by atoms with Crippen molar-refractivity contribution in [2.45, 2.75) is 32.9 Å². The lowest BCUT2D eigenvalue weighted by Gasteiger charge is -2.33. The lowest BCUT2D eigenvalue weighted by atomic mass is 9.99. The Morgan fingerprint density at radius 1 is 1.30 bits per heavy atom. The van der Waals surface area contributed by atoms with Crippen LogP contribution in [0.2, 0.25) is 0 Å². The molecule has 0 saturated heterocycles. The molecule has 0 fully saturated rings. The van der Waals surface area contributed by atoms with E-state index >= 15 is 0 Å². The van der Waals surface area contributed by atoms with E-state index in [9.17, 15) is 15.0 Å². The van der Waals surface area contributed by atoms with E-state index in [4.69, 9.17) is 0 Å². The second kappa shape index (κ2) is 8.02. The Morgan fingerprint density at radius 3 is 2.45 bits per heavy atom. The van der Waals surface area contributed by atoms with Crippen LogP contribution in [0.25, 0.3) is 0 Å². The molecule has 1 aromatic rings. The maximum atomic E-state index is 12.3. The quantitative estimate of drug-likeness (QED) is 0.761. The first-order valence-electron chi connectivity index (χ1n) is 6.96. The zero-order chi connectivity index (χ0) is 15.1. The SMILES string of the molecule is [CH2]CCN(c1ccccc1CO)C(CO)C(=O)C(C)C. The molecule has 0 saturated carbocycles.